The van der Waals surface area contributed by atoms with Crippen molar-refractivity contribution >= 4 is 11.6 Å². The van der Waals surface area contributed by atoms with E-state index in [0.29, 0.717) is 31.0 Å². The van der Waals surface area contributed by atoms with Crippen LogP contribution in [0.25, 0.3) is 0 Å². The number of carbonyl (C=O) groups is 1. The number of amides is 1. The molecule has 2 aromatic rings. The van der Waals surface area contributed by atoms with Crippen molar-refractivity contribution < 1.29 is 4.79 Å². The summed E-state index contributed by atoms with van der Waals surface area (Å²) in [5.74, 6) is 0.152. The van der Waals surface area contributed by atoms with Gasteiger partial charge in [0.25, 0.3) is 0 Å². The number of hydrogen-bond donors (Lipinski definition) is 2. The van der Waals surface area contributed by atoms with Gasteiger partial charge in [-0.25, -0.2) is 0 Å². The molecule has 2 aliphatic rings. The predicted octanol–water partition coefficient (Wildman–Crippen LogP) is 3.51. The van der Waals surface area contributed by atoms with Gasteiger partial charge in [-0.3, -0.25) is 9.69 Å². The highest BCUT2D eigenvalue weighted by molar-refractivity contribution is 5.76. The summed E-state index contributed by atoms with van der Waals surface area (Å²) >= 11 is 0. The summed E-state index contributed by atoms with van der Waals surface area (Å²) in [5, 5.41) is 3.29. The highest BCUT2D eigenvalue weighted by Crippen LogP contribution is 2.36. The van der Waals surface area contributed by atoms with Gasteiger partial charge < -0.3 is 11.1 Å². The molecule has 3 N–H and O–H groups in total. The standard InChI is InChI=1S/C23H29N3O/c24-22-9-5-4-8-18(22)10-13-23(27)25-19-14-20-11-12-21(15-19)26(20)16-17-6-2-1-3-7-17/h1-9,19-21H,10-16,24H2,(H,25,27). The number of anilines is 1. The zero-order valence-corrected chi connectivity index (χ0v) is 15.8. The van der Waals surface area contributed by atoms with Gasteiger partial charge in [0.2, 0.25) is 5.91 Å². The summed E-state index contributed by atoms with van der Waals surface area (Å²) < 4.78 is 0. The van der Waals surface area contributed by atoms with Crippen molar-refractivity contribution in [2.75, 3.05) is 5.73 Å². The molecule has 142 valence electrons. The molecule has 2 atom stereocenters. The van der Waals surface area contributed by atoms with Crippen molar-refractivity contribution in [3.05, 3.63) is 65.7 Å². The maximum Gasteiger partial charge on any atom is 0.220 e. The fraction of sp³-hybridized carbons (Fsp3) is 0.435. The fourth-order valence-electron chi connectivity index (χ4n) is 4.75. The van der Waals surface area contributed by atoms with Gasteiger partial charge in [0.1, 0.15) is 0 Å². The van der Waals surface area contributed by atoms with Crippen LogP contribution in [0.15, 0.2) is 54.6 Å². The molecule has 2 aromatic carbocycles. The molecular formula is C23H29N3O. The zero-order chi connectivity index (χ0) is 18.6. The first-order chi connectivity index (χ1) is 13.2. The number of piperidine rings is 1. The smallest absolute Gasteiger partial charge is 0.220 e. The molecule has 27 heavy (non-hydrogen) atoms. The van der Waals surface area contributed by atoms with E-state index in [1.807, 2.05) is 24.3 Å². The van der Waals surface area contributed by atoms with Crippen molar-refractivity contribution in [1.29, 1.82) is 0 Å². The summed E-state index contributed by atoms with van der Waals surface area (Å²) in [6.07, 6.45) is 5.87. The van der Waals surface area contributed by atoms with Crippen LogP contribution in [0.4, 0.5) is 5.69 Å². The highest BCUT2D eigenvalue weighted by atomic mass is 16.1. The fourth-order valence-corrected chi connectivity index (χ4v) is 4.75. The number of carbonyl (C=O) groups excluding carboxylic acids is 1. The van der Waals surface area contributed by atoms with Crippen molar-refractivity contribution in [2.45, 2.75) is 63.2 Å². The van der Waals surface area contributed by atoms with E-state index in [0.717, 1.165) is 30.6 Å². The molecule has 0 aliphatic carbocycles. The summed E-state index contributed by atoms with van der Waals surface area (Å²) in [6, 6.07) is 20.0. The summed E-state index contributed by atoms with van der Waals surface area (Å²) in [6.45, 7) is 1.03. The molecule has 0 saturated carbocycles. The lowest BCUT2D eigenvalue weighted by molar-refractivity contribution is -0.122. The Bertz CT molecular complexity index is 762. The normalized spacial score (nSPS) is 24.7. The van der Waals surface area contributed by atoms with E-state index in [4.69, 9.17) is 5.73 Å². The third-order valence-corrected chi connectivity index (χ3v) is 6.13. The number of nitrogens with one attached hydrogen (secondary N) is 1. The van der Waals surface area contributed by atoms with Crippen LogP contribution in [0.5, 0.6) is 0 Å². The van der Waals surface area contributed by atoms with Gasteiger partial charge in [-0.05, 0) is 49.3 Å². The highest BCUT2D eigenvalue weighted by Gasteiger charge is 2.40. The molecule has 2 aliphatic heterocycles. The molecule has 2 heterocycles. The number of nitrogens with two attached hydrogens (primary N) is 1. The number of aryl methyl sites for hydroxylation is 1. The number of hydrogen-bond acceptors (Lipinski definition) is 3. The number of nitrogens with zero attached hydrogens (tertiary/aromatic N) is 1. The van der Waals surface area contributed by atoms with Crippen LogP contribution in [0.1, 0.15) is 43.2 Å². The van der Waals surface area contributed by atoms with E-state index >= 15 is 0 Å². The van der Waals surface area contributed by atoms with Gasteiger partial charge in [0.05, 0.1) is 0 Å². The summed E-state index contributed by atoms with van der Waals surface area (Å²) in [4.78, 5) is 15.1. The lowest BCUT2D eigenvalue weighted by atomic mass is 9.96. The Morgan fingerprint density at radius 1 is 1.00 bits per heavy atom. The lowest BCUT2D eigenvalue weighted by Gasteiger charge is -2.39. The first-order valence-corrected chi connectivity index (χ1v) is 10.1. The Kier molecular flexibility index (Phi) is 5.44. The first kappa shape index (κ1) is 18.1. The molecule has 4 heteroatoms. The number of nitrogen functional groups attached to an aromatic ring is 1. The molecule has 0 radical (unpaired) electrons. The molecular weight excluding hydrogens is 334 g/mol. The second-order valence-electron chi connectivity index (χ2n) is 7.98. The largest absolute Gasteiger partial charge is 0.399 e. The van der Waals surface area contributed by atoms with E-state index in [-0.39, 0.29) is 5.91 Å². The Hall–Kier alpha value is -2.33. The van der Waals surface area contributed by atoms with E-state index < -0.39 is 0 Å². The molecule has 0 spiro atoms. The van der Waals surface area contributed by atoms with Crippen LogP contribution in [0.2, 0.25) is 0 Å². The average molecular weight is 364 g/mol. The number of benzene rings is 2. The molecule has 4 nitrogen and oxygen atoms in total. The van der Waals surface area contributed by atoms with Gasteiger partial charge >= 0.3 is 0 Å². The Morgan fingerprint density at radius 2 is 1.67 bits per heavy atom. The molecule has 2 bridgehead atoms. The molecule has 1 amide bonds. The van der Waals surface area contributed by atoms with Crippen LogP contribution in [0.3, 0.4) is 0 Å². The minimum atomic E-state index is 0.152. The molecule has 2 unspecified atom stereocenters. The van der Waals surface area contributed by atoms with Gasteiger partial charge in [-0.15, -0.1) is 0 Å². The van der Waals surface area contributed by atoms with Crippen LogP contribution in [-0.2, 0) is 17.8 Å². The first-order valence-electron chi connectivity index (χ1n) is 10.1. The predicted molar refractivity (Wildman–Crippen MR) is 109 cm³/mol. The van der Waals surface area contributed by atoms with E-state index in [9.17, 15) is 4.79 Å². The minimum absolute atomic E-state index is 0.152. The molecule has 4 rings (SSSR count). The second-order valence-corrected chi connectivity index (χ2v) is 7.98. The van der Waals surface area contributed by atoms with Crippen LogP contribution < -0.4 is 11.1 Å². The van der Waals surface area contributed by atoms with E-state index in [2.05, 4.69) is 40.5 Å². The maximum absolute atomic E-state index is 12.4. The number of para-hydroxylation sites is 1. The molecule has 0 aromatic heterocycles. The lowest BCUT2D eigenvalue weighted by Crippen LogP contribution is -2.50. The van der Waals surface area contributed by atoms with Gasteiger partial charge in [-0.1, -0.05) is 48.5 Å². The summed E-state index contributed by atoms with van der Waals surface area (Å²) in [7, 11) is 0. The van der Waals surface area contributed by atoms with E-state index in [1.54, 1.807) is 0 Å². The third kappa shape index (κ3) is 4.33. The van der Waals surface area contributed by atoms with E-state index in [1.165, 1.54) is 18.4 Å². The van der Waals surface area contributed by atoms with Crippen molar-refractivity contribution in [2.24, 2.45) is 0 Å². The quantitative estimate of drug-likeness (QED) is 0.772. The topological polar surface area (TPSA) is 58.4 Å². The van der Waals surface area contributed by atoms with Crippen LogP contribution in [0, 0.1) is 0 Å². The number of rotatable bonds is 6. The third-order valence-electron chi connectivity index (χ3n) is 6.13. The van der Waals surface area contributed by atoms with Gasteiger partial charge in [0.15, 0.2) is 0 Å². The zero-order valence-electron chi connectivity index (χ0n) is 15.8. The molecule has 2 saturated heterocycles. The average Bonchev–Trinajstić information content (AvgIpc) is 2.90. The summed E-state index contributed by atoms with van der Waals surface area (Å²) in [5.41, 5.74) is 9.20. The molecule has 2 fully saturated rings. The van der Waals surface area contributed by atoms with Crippen molar-refractivity contribution in [3.63, 3.8) is 0 Å². The SMILES string of the molecule is Nc1ccccc1CCC(=O)NC1CC2CCC(C1)N2Cc1ccccc1. The maximum atomic E-state index is 12.4. The van der Waals surface area contributed by atoms with Crippen molar-refractivity contribution in [3.8, 4) is 0 Å². The Labute approximate surface area is 161 Å². The minimum Gasteiger partial charge on any atom is -0.399 e. The van der Waals surface area contributed by atoms with Crippen LogP contribution >= 0.6 is 0 Å². The monoisotopic (exact) mass is 363 g/mol. The van der Waals surface area contributed by atoms with Gasteiger partial charge in [-0.2, -0.15) is 0 Å². The van der Waals surface area contributed by atoms with Gasteiger partial charge in [0, 0.05) is 36.8 Å². The second kappa shape index (κ2) is 8.13. The Morgan fingerprint density at radius 3 is 2.37 bits per heavy atom. The van der Waals surface area contributed by atoms with Crippen molar-refractivity contribution in [1.82, 2.24) is 10.2 Å². The Balaban J connectivity index is 1.28. The van der Waals surface area contributed by atoms with Crippen LogP contribution in [-0.4, -0.2) is 28.9 Å². The number of fused-ring (bicyclic) bond motifs is 2.